The monoisotopic (exact) mass is 278 g/mol. The van der Waals surface area contributed by atoms with Gasteiger partial charge in [0, 0.05) is 18.2 Å². The van der Waals surface area contributed by atoms with Crippen LogP contribution >= 0.6 is 0 Å². The Morgan fingerprint density at radius 2 is 2.30 bits per heavy atom. The third-order valence-corrected chi connectivity index (χ3v) is 3.84. The average Bonchev–Trinajstić information content (AvgIpc) is 2.98. The van der Waals surface area contributed by atoms with Gasteiger partial charge < -0.3 is 9.47 Å². The molecule has 0 amide bonds. The van der Waals surface area contributed by atoms with Crippen molar-refractivity contribution in [3.8, 4) is 5.75 Å². The van der Waals surface area contributed by atoms with Gasteiger partial charge in [0.05, 0.1) is 12.7 Å². The van der Waals surface area contributed by atoms with E-state index in [1.807, 2.05) is 25.1 Å². The van der Waals surface area contributed by atoms with Crippen molar-refractivity contribution >= 4 is 0 Å². The molecule has 4 heteroatoms. The number of nitrogens with two attached hydrogens (primary N) is 1. The van der Waals surface area contributed by atoms with Crippen LogP contribution in [0.15, 0.2) is 24.3 Å². The van der Waals surface area contributed by atoms with Crippen LogP contribution in [0, 0.1) is 0 Å². The largest absolute Gasteiger partial charge is 0.494 e. The lowest BCUT2D eigenvalue weighted by molar-refractivity contribution is 0.101. The van der Waals surface area contributed by atoms with Gasteiger partial charge in [0.2, 0.25) is 0 Å². The minimum atomic E-state index is 0.138. The minimum absolute atomic E-state index is 0.138. The van der Waals surface area contributed by atoms with E-state index in [0.717, 1.165) is 37.2 Å². The summed E-state index contributed by atoms with van der Waals surface area (Å²) in [6, 6.07) is 8.25. The molecule has 0 aromatic heterocycles. The maximum Gasteiger partial charge on any atom is 0.124 e. The van der Waals surface area contributed by atoms with Gasteiger partial charge >= 0.3 is 0 Å². The number of ether oxygens (including phenoxy) is 2. The molecule has 0 radical (unpaired) electrons. The summed E-state index contributed by atoms with van der Waals surface area (Å²) >= 11 is 0. The molecule has 0 saturated carbocycles. The Morgan fingerprint density at radius 3 is 3.00 bits per heavy atom. The molecule has 1 heterocycles. The van der Waals surface area contributed by atoms with Gasteiger partial charge in [-0.05, 0) is 45.1 Å². The molecule has 2 atom stereocenters. The SMILES string of the molecule is CCOc1ccccc1C(CCCC1CCCO1)NN. The van der Waals surface area contributed by atoms with E-state index in [-0.39, 0.29) is 6.04 Å². The van der Waals surface area contributed by atoms with E-state index in [0.29, 0.717) is 12.7 Å². The Hall–Kier alpha value is -1.10. The van der Waals surface area contributed by atoms with Crippen LogP contribution in [-0.4, -0.2) is 19.3 Å². The molecule has 2 rings (SSSR count). The second-order valence-electron chi connectivity index (χ2n) is 5.26. The molecule has 0 aliphatic carbocycles. The molecule has 1 saturated heterocycles. The second kappa shape index (κ2) is 8.25. The van der Waals surface area contributed by atoms with Crippen molar-refractivity contribution in [1.82, 2.24) is 5.43 Å². The van der Waals surface area contributed by atoms with Crippen LogP contribution in [0.25, 0.3) is 0 Å². The lowest BCUT2D eigenvalue weighted by atomic mass is 9.99. The van der Waals surface area contributed by atoms with Crippen LogP contribution in [-0.2, 0) is 4.74 Å². The molecule has 1 aromatic rings. The fraction of sp³-hybridized carbons (Fsp3) is 0.625. The zero-order valence-corrected chi connectivity index (χ0v) is 12.3. The summed E-state index contributed by atoms with van der Waals surface area (Å²) in [7, 11) is 0. The Morgan fingerprint density at radius 1 is 1.45 bits per heavy atom. The highest BCUT2D eigenvalue weighted by Gasteiger charge is 2.18. The maximum atomic E-state index is 5.73. The van der Waals surface area contributed by atoms with Crippen LogP contribution in [0.5, 0.6) is 5.75 Å². The first-order valence-electron chi connectivity index (χ1n) is 7.64. The van der Waals surface area contributed by atoms with Crippen LogP contribution in [0.3, 0.4) is 0 Å². The first-order chi connectivity index (χ1) is 9.85. The maximum absolute atomic E-state index is 5.73. The highest BCUT2D eigenvalue weighted by atomic mass is 16.5. The zero-order chi connectivity index (χ0) is 14.2. The van der Waals surface area contributed by atoms with E-state index in [1.54, 1.807) is 0 Å². The van der Waals surface area contributed by atoms with E-state index >= 15 is 0 Å². The van der Waals surface area contributed by atoms with E-state index in [4.69, 9.17) is 15.3 Å². The lowest BCUT2D eigenvalue weighted by Gasteiger charge is -2.20. The molecule has 0 bridgehead atoms. The summed E-state index contributed by atoms with van der Waals surface area (Å²) in [6.07, 6.45) is 6.10. The smallest absolute Gasteiger partial charge is 0.124 e. The van der Waals surface area contributed by atoms with Gasteiger partial charge in [-0.15, -0.1) is 0 Å². The highest BCUT2D eigenvalue weighted by molar-refractivity contribution is 5.35. The zero-order valence-electron chi connectivity index (χ0n) is 12.3. The van der Waals surface area contributed by atoms with Crippen LogP contribution < -0.4 is 16.0 Å². The highest BCUT2D eigenvalue weighted by Crippen LogP contribution is 2.29. The van der Waals surface area contributed by atoms with Gasteiger partial charge in [-0.3, -0.25) is 11.3 Å². The van der Waals surface area contributed by atoms with E-state index in [1.165, 1.54) is 12.8 Å². The topological polar surface area (TPSA) is 56.5 Å². The molecule has 0 spiro atoms. The molecule has 1 fully saturated rings. The Balaban J connectivity index is 1.89. The molecular weight excluding hydrogens is 252 g/mol. The standard InChI is InChI=1S/C16H26N2O2/c1-2-19-16-11-4-3-9-14(16)15(18-17)10-5-7-13-8-6-12-20-13/h3-4,9,11,13,15,18H,2,5-8,10,12,17H2,1H3. The Bertz CT molecular complexity index is 392. The van der Waals surface area contributed by atoms with Gasteiger partial charge in [-0.25, -0.2) is 0 Å². The molecule has 2 unspecified atom stereocenters. The molecule has 1 aliphatic rings. The summed E-state index contributed by atoms with van der Waals surface area (Å²) in [5.74, 6) is 6.65. The van der Waals surface area contributed by atoms with Crippen molar-refractivity contribution in [2.45, 2.75) is 51.2 Å². The van der Waals surface area contributed by atoms with Gasteiger partial charge in [0.25, 0.3) is 0 Å². The molecule has 1 aromatic carbocycles. The summed E-state index contributed by atoms with van der Waals surface area (Å²) in [5.41, 5.74) is 4.06. The van der Waals surface area contributed by atoms with E-state index < -0.39 is 0 Å². The lowest BCUT2D eigenvalue weighted by Crippen LogP contribution is -2.28. The number of benzene rings is 1. The number of rotatable bonds is 8. The molecule has 4 nitrogen and oxygen atoms in total. The summed E-state index contributed by atoms with van der Waals surface area (Å²) < 4.78 is 11.3. The van der Waals surface area contributed by atoms with E-state index in [2.05, 4.69) is 11.5 Å². The quantitative estimate of drug-likeness (QED) is 0.567. The van der Waals surface area contributed by atoms with Gasteiger partial charge in [0.15, 0.2) is 0 Å². The number of hydrogen-bond acceptors (Lipinski definition) is 4. The second-order valence-corrected chi connectivity index (χ2v) is 5.26. The average molecular weight is 278 g/mol. The Labute approximate surface area is 121 Å². The molecule has 1 aliphatic heterocycles. The van der Waals surface area contributed by atoms with Crippen molar-refractivity contribution in [3.63, 3.8) is 0 Å². The predicted molar refractivity (Wildman–Crippen MR) is 80.5 cm³/mol. The fourth-order valence-corrected chi connectivity index (χ4v) is 2.81. The summed E-state index contributed by atoms with van der Waals surface area (Å²) in [4.78, 5) is 0. The van der Waals surface area contributed by atoms with Crippen molar-refractivity contribution in [2.75, 3.05) is 13.2 Å². The fourth-order valence-electron chi connectivity index (χ4n) is 2.81. The minimum Gasteiger partial charge on any atom is -0.494 e. The van der Waals surface area contributed by atoms with Crippen LogP contribution in [0.4, 0.5) is 0 Å². The van der Waals surface area contributed by atoms with Gasteiger partial charge in [0.1, 0.15) is 5.75 Å². The summed E-state index contributed by atoms with van der Waals surface area (Å²) in [5, 5.41) is 0. The first-order valence-corrected chi connectivity index (χ1v) is 7.64. The predicted octanol–water partition coefficient (Wildman–Crippen LogP) is 2.94. The van der Waals surface area contributed by atoms with Crippen molar-refractivity contribution in [1.29, 1.82) is 0 Å². The van der Waals surface area contributed by atoms with Crippen LogP contribution in [0.1, 0.15) is 50.6 Å². The van der Waals surface area contributed by atoms with Crippen molar-refractivity contribution in [3.05, 3.63) is 29.8 Å². The molecule has 20 heavy (non-hydrogen) atoms. The normalized spacial score (nSPS) is 20.0. The molecule has 3 N–H and O–H groups in total. The molecule has 112 valence electrons. The Kier molecular flexibility index (Phi) is 6.30. The van der Waals surface area contributed by atoms with Gasteiger partial charge in [-0.2, -0.15) is 0 Å². The van der Waals surface area contributed by atoms with Crippen LogP contribution in [0.2, 0.25) is 0 Å². The molecular formula is C16H26N2O2. The van der Waals surface area contributed by atoms with E-state index in [9.17, 15) is 0 Å². The number of hydrogen-bond donors (Lipinski definition) is 2. The number of hydrazine groups is 1. The third kappa shape index (κ3) is 4.20. The van der Waals surface area contributed by atoms with Crippen molar-refractivity contribution < 1.29 is 9.47 Å². The summed E-state index contributed by atoms with van der Waals surface area (Å²) in [6.45, 7) is 3.60. The number of nitrogens with one attached hydrogen (secondary N) is 1. The van der Waals surface area contributed by atoms with Crippen molar-refractivity contribution in [2.24, 2.45) is 5.84 Å². The van der Waals surface area contributed by atoms with Gasteiger partial charge in [-0.1, -0.05) is 18.2 Å². The first kappa shape index (κ1) is 15.3. The number of para-hydroxylation sites is 1. The third-order valence-electron chi connectivity index (χ3n) is 3.84.